The fraction of sp³-hybridized carbons (Fsp3) is 0.562. The second kappa shape index (κ2) is 6.49. The molecule has 23 heavy (non-hydrogen) atoms. The van der Waals surface area contributed by atoms with E-state index in [1.165, 1.54) is 36.0 Å². The zero-order valence-electron chi connectivity index (χ0n) is 13.5. The molecule has 1 saturated heterocycles. The number of rotatable bonds is 3. The van der Waals surface area contributed by atoms with Crippen LogP contribution in [0.3, 0.4) is 0 Å². The Bertz CT molecular complexity index is 662. The fourth-order valence-corrected chi connectivity index (χ4v) is 4.13. The summed E-state index contributed by atoms with van der Waals surface area (Å²) >= 11 is 2.05. The zero-order valence-corrected chi connectivity index (χ0v) is 14.3. The van der Waals surface area contributed by atoms with Crippen molar-refractivity contribution in [3.8, 4) is 0 Å². The van der Waals surface area contributed by atoms with E-state index in [0.717, 1.165) is 37.7 Å². The highest BCUT2D eigenvalue weighted by molar-refractivity contribution is 7.99. The van der Waals surface area contributed by atoms with Crippen LogP contribution < -0.4 is 4.90 Å². The summed E-state index contributed by atoms with van der Waals surface area (Å²) in [6.07, 6.45) is 0. The summed E-state index contributed by atoms with van der Waals surface area (Å²) in [5.74, 6) is 3.44. The van der Waals surface area contributed by atoms with Gasteiger partial charge in [0.1, 0.15) is 0 Å². The number of hydrogen-bond acceptors (Lipinski definition) is 6. The first kappa shape index (κ1) is 15.0. The smallest absolute Gasteiger partial charge is 0.151 e. The molecule has 2 aliphatic heterocycles. The van der Waals surface area contributed by atoms with E-state index in [1.807, 2.05) is 24.8 Å². The van der Waals surface area contributed by atoms with Crippen LogP contribution in [0.2, 0.25) is 0 Å². The van der Waals surface area contributed by atoms with E-state index in [-0.39, 0.29) is 0 Å². The summed E-state index contributed by atoms with van der Waals surface area (Å²) in [6, 6.07) is 6.34. The van der Waals surface area contributed by atoms with E-state index in [0.29, 0.717) is 0 Å². The maximum absolute atomic E-state index is 4.79. The third-order valence-corrected chi connectivity index (χ3v) is 5.39. The molecule has 122 valence electrons. The lowest BCUT2D eigenvalue weighted by Gasteiger charge is -2.28. The highest BCUT2D eigenvalue weighted by atomic mass is 32.2. The van der Waals surface area contributed by atoms with Crippen LogP contribution in [0.1, 0.15) is 17.1 Å². The Morgan fingerprint density at radius 1 is 1.09 bits per heavy atom. The number of aryl methyl sites for hydroxylation is 1. The second-order valence-corrected chi connectivity index (χ2v) is 7.42. The third kappa shape index (κ3) is 3.35. The molecule has 4 rings (SSSR count). The van der Waals surface area contributed by atoms with Gasteiger partial charge in [-0.05, 0) is 25.1 Å². The molecule has 6 nitrogen and oxygen atoms in total. The third-order valence-electron chi connectivity index (χ3n) is 4.45. The van der Waals surface area contributed by atoms with Gasteiger partial charge in [0.2, 0.25) is 0 Å². The second-order valence-electron chi connectivity index (χ2n) is 6.19. The van der Waals surface area contributed by atoms with Crippen LogP contribution in [-0.2, 0) is 19.6 Å². The van der Waals surface area contributed by atoms with Crippen LogP contribution in [0.4, 0.5) is 5.82 Å². The molecule has 1 fully saturated rings. The first-order valence-electron chi connectivity index (χ1n) is 8.19. The van der Waals surface area contributed by atoms with Crippen molar-refractivity contribution in [2.45, 2.75) is 26.6 Å². The summed E-state index contributed by atoms with van der Waals surface area (Å²) in [7, 11) is 0. The average molecular weight is 330 g/mol. The molecular weight excluding hydrogens is 308 g/mol. The molecule has 0 unspecified atom stereocenters. The summed E-state index contributed by atoms with van der Waals surface area (Å²) < 4.78 is 2.16. The van der Waals surface area contributed by atoms with Crippen LogP contribution >= 0.6 is 11.8 Å². The maximum Gasteiger partial charge on any atom is 0.151 e. The van der Waals surface area contributed by atoms with Crippen LogP contribution in [-0.4, -0.2) is 56.0 Å². The summed E-state index contributed by atoms with van der Waals surface area (Å²) in [6.45, 7) is 8.02. The highest BCUT2D eigenvalue weighted by Gasteiger charge is 2.21. The van der Waals surface area contributed by atoms with E-state index in [1.54, 1.807) is 0 Å². The maximum atomic E-state index is 4.79. The minimum atomic E-state index is 0.862. The first-order valence-corrected chi connectivity index (χ1v) is 9.34. The van der Waals surface area contributed by atoms with Crippen LogP contribution in [0.5, 0.6) is 0 Å². The van der Waals surface area contributed by atoms with E-state index < -0.39 is 0 Å². The molecule has 0 atom stereocenters. The number of aromatic nitrogens is 4. The molecule has 0 N–H and O–H groups in total. The molecule has 0 amide bonds. The number of nitrogens with zero attached hydrogens (tertiary/aromatic N) is 6. The molecule has 2 aliphatic rings. The normalized spacial score (nSPS) is 18.9. The predicted octanol–water partition coefficient (Wildman–Crippen LogP) is 1.55. The van der Waals surface area contributed by atoms with E-state index in [4.69, 9.17) is 5.10 Å². The van der Waals surface area contributed by atoms with E-state index in [2.05, 4.69) is 36.8 Å². The number of fused-ring (bicyclic) bond motifs is 1. The van der Waals surface area contributed by atoms with Gasteiger partial charge in [-0.15, -0.1) is 5.10 Å². The Hall–Kier alpha value is -1.60. The Morgan fingerprint density at radius 2 is 1.96 bits per heavy atom. The molecule has 2 aromatic heterocycles. The standard InChI is InChI=1S/C16H22N6S/c1-13-2-3-16(18-17-13)21-4-5-22-15(12-21)10-14(19-22)11-20-6-8-23-9-7-20/h2-3,10H,4-9,11-12H2,1H3. The van der Waals surface area contributed by atoms with Gasteiger partial charge in [0.15, 0.2) is 5.82 Å². The molecular formula is C16H22N6S. The number of hydrogen-bond donors (Lipinski definition) is 0. The number of anilines is 1. The quantitative estimate of drug-likeness (QED) is 0.851. The Labute approximate surface area is 140 Å². The van der Waals surface area contributed by atoms with Crippen molar-refractivity contribution in [1.29, 1.82) is 0 Å². The lowest BCUT2D eigenvalue weighted by molar-refractivity contribution is 0.289. The van der Waals surface area contributed by atoms with Gasteiger partial charge < -0.3 is 4.90 Å². The van der Waals surface area contributed by atoms with Gasteiger partial charge in [-0.2, -0.15) is 22.0 Å². The van der Waals surface area contributed by atoms with Crippen LogP contribution in [0.15, 0.2) is 18.2 Å². The molecule has 0 spiro atoms. The van der Waals surface area contributed by atoms with Gasteiger partial charge >= 0.3 is 0 Å². The first-order chi connectivity index (χ1) is 11.3. The van der Waals surface area contributed by atoms with Crippen molar-refractivity contribution in [2.24, 2.45) is 0 Å². The SMILES string of the molecule is Cc1ccc(N2CCn3nc(CN4CCSCC4)cc3C2)nn1. The molecule has 2 aromatic rings. The monoisotopic (exact) mass is 330 g/mol. The Balaban J connectivity index is 1.45. The van der Waals surface area contributed by atoms with Gasteiger partial charge in [0.25, 0.3) is 0 Å². The zero-order chi connectivity index (χ0) is 15.6. The van der Waals surface area contributed by atoms with Crippen molar-refractivity contribution in [3.63, 3.8) is 0 Å². The van der Waals surface area contributed by atoms with Crippen molar-refractivity contribution in [2.75, 3.05) is 36.0 Å². The predicted molar refractivity (Wildman–Crippen MR) is 92.6 cm³/mol. The summed E-state index contributed by atoms with van der Waals surface area (Å²) in [5, 5.41) is 13.3. The van der Waals surface area contributed by atoms with Crippen molar-refractivity contribution < 1.29 is 0 Å². The summed E-state index contributed by atoms with van der Waals surface area (Å²) in [5.41, 5.74) is 3.43. The molecule has 7 heteroatoms. The van der Waals surface area contributed by atoms with Crippen molar-refractivity contribution in [1.82, 2.24) is 24.9 Å². The van der Waals surface area contributed by atoms with Crippen LogP contribution in [0.25, 0.3) is 0 Å². The van der Waals surface area contributed by atoms with Crippen molar-refractivity contribution >= 4 is 17.6 Å². The molecule has 0 aliphatic carbocycles. The van der Waals surface area contributed by atoms with Gasteiger partial charge in [0, 0.05) is 37.7 Å². The largest absolute Gasteiger partial charge is 0.347 e. The Morgan fingerprint density at radius 3 is 2.74 bits per heavy atom. The molecule has 0 bridgehead atoms. The van der Waals surface area contributed by atoms with Gasteiger partial charge in [-0.1, -0.05) is 0 Å². The lowest BCUT2D eigenvalue weighted by atomic mass is 10.2. The highest BCUT2D eigenvalue weighted by Crippen LogP contribution is 2.20. The van der Waals surface area contributed by atoms with Crippen molar-refractivity contribution in [3.05, 3.63) is 35.3 Å². The summed E-state index contributed by atoms with van der Waals surface area (Å²) in [4.78, 5) is 4.79. The van der Waals surface area contributed by atoms with Gasteiger partial charge in [-0.25, -0.2) is 0 Å². The minimum Gasteiger partial charge on any atom is -0.347 e. The average Bonchev–Trinajstić information content (AvgIpc) is 2.98. The fourth-order valence-electron chi connectivity index (χ4n) is 3.15. The molecule has 4 heterocycles. The van der Waals surface area contributed by atoms with E-state index >= 15 is 0 Å². The number of thioether (sulfide) groups is 1. The Kier molecular flexibility index (Phi) is 4.22. The van der Waals surface area contributed by atoms with Crippen LogP contribution in [0, 0.1) is 6.92 Å². The topological polar surface area (TPSA) is 50.1 Å². The van der Waals surface area contributed by atoms with Gasteiger partial charge in [-0.3, -0.25) is 9.58 Å². The molecule has 0 saturated carbocycles. The van der Waals surface area contributed by atoms with E-state index in [9.17, 15) is 0 Å². The van der Waals surface area contributed by atoms with Gasteiger partial charge in [0.05, 0.1) is 30.2 Å². The molecule has 0 radical (unpaired) electrons. The lowest BCUT2D eigenvalue weighted by Crippen LogP contribution is -2.34. The minimum absolute atomic E-state index is 0.862. The molecule has 0 aromatic carbocycles.